The Morgan fingerprint density at radius 1 is 0.750 bits per heavy atom. The first kappa shape index (κ1) is 42.0. The van der Waals surface area contributed by atoms with E-state index in [1.807, 2.05) is 0 Å². The van der Waals surface area contributed by atoms with Crippen LogP contribution in [0.25, 0.3) is 0 Å². The average molecular weight is 263 g/mol. The van der Waals surface area contributed by atoms with Crippen molar-refractivity contribution in [2.75, 3.05) is 0 Å². The standard InChI is InChI=1S/2Cd.2H2O.H2/h;;2*1H2;1H. The Balaban J connectivity index is 0. The summed E-state index contributed by atoms with van der Waals surface area (Å²) in [6, 6.07) is 0. The Kier molecular flexibility index (Phi) is 228. The summed E-state index contributed by atoms with van der Waals surface area (Å²) in [5.41, 5.74) is 0. The summed E-state index contributed by atoms with van der Waals surface area (Å²) in [5.74, 6) is 0. The first-order valence-electron chi connectivity index (χ1n) is 0. The van der Waals surface area contributed by atoms with E-state index in [4.69, 9.17) is 0 Å². The molecule has 4 heteroatoms. The monoisotopic (exact) mass is 266 g/mol. The predicted molar refractivity (Wildman–Crippen MR) is 9.34 cm³/mol. The Labute approximate surface area is 66.4 Å². The van der Waals surface area contributed by atoms with Crippen molar-refractivity contribution >= 4 is 0 Å². The molecule has 0 saturated heterocycles. The number of hydrogen-bond donors (Lipinski definition) is 0. The van der Waals surface area contributed by atoms with E-state index in [0.29, 0.717) is 0 Å². The SMILES string of the molecule is O.O.[Cd].[Cd].[HH]. The second-order valence-electron chi connectivity index (χ2n) is 0. The normalized spacial score (nSPS) is 0. The number of hydrogen-bond acceptors (Lipinski definition) is 0. The summed E-state index contributed by atoms with van der Waals surface area (Å²) >= 11 is 0. The largest absolute Gasteiger partial charge is 0.412 e. The molecule has 0 aliphatic carbocycles. The van der Waals surface area contributed by atoms with Crippen molar-refractivity contribution in [1.29, 1.82) is 0 Å². The van der Waals surface area contributed by atoms with Crippen LogP contribution < -0.4 is 0 Å². The van der Waals surface area contributed by atoms with E-state index < -0.39 is 0 Å². The molecular formula is H6Cd2O2. The zero-order valence-electron chi connectivity index (χ0n) is 2.41. The van der Waals surface area contributed by atoms with Gasteiger partial charge < -0.3 is 11.0 Å². The fourth-order valence-corrected chi connectivity index (χ4v) is 0. The molecule has 0 amide bonds. The molecule has 0 aromatic heterocycles. The molecule has 0 aliphatic rings. The molecule has 0 aliphatic heterocycles. The summed E-state index contributed by atoms with van der Waals surface area (Å²) in [5, 5.41) is 0. The van der Waals surface area contributed by atoms with Crippen LogP contribution in [-0.2, 0) is 54.6 Å². The third-order valence-corrected chi connectivity index (χ3v) is 0. The molecule has 0 bridgehead atoms. The molecular weight excluding hydrogens is 257 g/mol. The molecule has 0 heterocycles. The minimum Gasteiger partial charge on any atom is -0.412 e. The zero-order chi connectivity index (χ0) is 0. The molecule has 4 heavy (non-hydrogen) atoms. The Morgan fingerprint density at radius 3 is 0.750 bits per heavy atom. The van der Waals surface area contributed by atoms with Gasteiger partial charge in [-0.25, -0.2) is 0 Å². The van der Waals surface area contributed by atoms with Gasteiger partial charge in [-0.3, -0.25) is 0 Å². The van der Waals surface area contributed by atoms with E-state index >= 15 is 0 Å². The van der Waals surface area contributed by atoms with Crippen molar-refractivity contribution in [2.24, 2.45) is 0 Å². The van der Waals surface area contributed by atoms with Crippen LogP contribution in [0.2, 0.25) is 0 Å². The average Bonchev–Trinajstić information content (AvgIpc) is 0. The predicted octanol–water partition coefficient (Wildman–Crippen LogP) is -1.41. The molecule has 0 aromatic rings. The molecule has 0 radical (unpaired) electrons. The molecule has 0 spiro atoms. The van der Waals surface area contributed by atoms with Gasteiger partial charge in [-0.1, -0.05) is 0 Å². The van der Waals surface area contributed by atoms with Gasteiger partial charge in [0.1, 0.15) is 0 Å². The van der Waals surface area contributed by atoms with Crippen LogP contribution in [0.15, 0.2) is 0 Å². The van der Waals surface area contributed by atoms with Gasteiger partial charge in [-0.2, -0.15) is 0 Å². The van der Waals surface area contributed by atoms with Crippen molar-refractivity contribution in [3.8, 4) is 0 Å². The summed E-state index contributed by atoms with van der Waals surface area (Å²) in [6.07, 6.45) is 0. The van der Waals surface area contributed by atoms with Crippen LogP contribution >= 0.6 is 0 Å². The second-order valence-corrected chi connectivity index (χ2v) is 0. The van der Waals surface area contributed by atoms with E-state index in [2.05, 4.69) is 0 Å². The Morgan fingerprint density at radius 2 is 0.750 bits per heavy atom. The fourth-order valence-electron chi connectivity index (χ4n) is 0. The minimum atomic E-state index is 0. The minimum absolute atomic E-state index is 0. The van der Waals surface area contributed by atoms with Crippen LogP contribution in [0.4, 0.5) is 0 Å². The fraction of sp³-hybridized carbons (Fsp3) is 0. The van der Waals surface area contributed by atoms with Gasteiger partial charge in [0, 0.05) is 56.0 Å². The smallest absolute Gasteiger partial charge is 0 e. The molecule has 2 nitrogen and oxygen atoms in total. The Bertz CT molecular complexity index is 7.61. The van der Waals surface area contributed by atoms with Crippen molar-refractivity contribution in [1.82, 2.24) is 0 Å². The van der Waals surface area contributed by atoms with E-state index in [-0.39, 0.29) is 67.0 Å². The van der Waals surface area contributed by atoms with Gasteiger partial charge in [0.25, 0.3) is 0 Å². The molecule has 0 atom stereocenters. The summed E-state index contributed by atoms with van der Waals surface area (Å²) in [4.78, 5) is 0. The summed E-state index contributed by atoms with van der Waals surface area (Å²) in [6.45, 7) is 0. The van der Waals surface area contributed by atoms with Gasteiger partial charge in [0.2, 0.25) is 0 Å². The number of rotatable bonds is 0. The molecule has 0 aromatic carbocycles. The topological polar surface area (TPSA) is 63.0 Å². The van der Waals surface area contributed by atoms with E-state index in [1.54, 1.807) is 0 Å². The van der Waals surface area contributed by atoms with Gasteiger partial charge in [0.15, 0.2) is 0 Å². The third kappa shape index (κ3) is 9.24. The summed E-state index contributed by atoms with van der Waals surface area (Å²) in [7, 11) is 0. The maximum atomic E-state index is 0. The van der Waals surface area contributed by atoms with Gasteiger partial charge >= 0.3 is 0 Å². The maximum absolute atomic E-state index is 0. The first-order valence-corrected chi connectivity index (χ1v) is 0. The maximum Gasteiger partial charge on any atom is 0 e. The quantitative estimate of drug-likeness (QED) is 0.482. The molecule has 0 unspecified atom stereocenters. The second kappa shape index (κ2) is 21.7. The van der Waals surface area contributed by atoms with Crippen LogP contribution in [-0.4, -0.2) is 11.0 Å². The van der Waals surface area contributed by atoms with Crippen LogP contribution in [0.5, 0.6) is 0 Å². The van der Waals surface area contributed by atoms with Gasteiger partial charge in [-0.05, 0) is 0 Å². The summed E-state index contributed by atoms with van der Waals surface area (Å²) < 4.78 is 0. The zero-order valence-corrected chi connectivity index (χ0v) is 10.5. The van der Waals surface area contributed by atoms with Crippen LogP contribution in [0.1, 0.15) is 1.43 Å². The van der Waals surface area contributed by atoms with E-state index in [0.717, 1.165) is 0 Å². The van der Waals surface area contributed by atoms with Crippen molar-refractivity contribution < 1.29 is 67.0 Å². The van der Waals surface area contributed by atoms with Crippen LogP contribution in [0, 0.1) is 0 Å². The molecule has 4 N–H and O–H groups in total. The molecule has 0 rings (SSSR count). The first-order chi connectivity index (χ1) is 0. The van der Waals surface area contributed by atoms with E-state index in [9.17, 15) is 0 Å². The molecule has 0 fully saturated rings. The van der Waals surface area contributed by atoms with Gasteiger partial charge in [-0.15, -0.1) is 0 Å². The van der Waals surface area contributed by atoms with Crippen LogP contribution in [0.3, 0.4) is 0 Å². The van der Waals surface area contributed by atoms with Gasteiger partial charge in [0.05, 0.1) is 0 Å². The van der Waals surface area contributed by atoms with E-state index in [1.165, 1.54) is 0 Å². The molecule has 0 saturated carbocycles. The Hall–Kier alpha value is 1.76. The van der Waals surface area contributed by atoms with Crippen molar-refractivity contribution in [3.63, 3.8) is 0 Å². The van der Waals surface area contributed by atoms with Crippen molar-refractivity contribution in [3.05, 3.63) is 0 Å². The molecule has 22 valence electrons. The van der Waals surface area contributed by atoms with Crippen molar-refractivity contribution in [2.45, 2.75) is 0 Å². The third-order valence-electron chi connectivity index (χ3n) is 0.